The van der Waals surface area contributed by atoms with Gasteiger partial charge in [0.15, 0.2) is 0 Å². The molecule has 7 nitrogen and oxygen atoms in total. The Kier molecular flexibility index (Phi) is 11.1. The Morgan fingerprint density at radius 2 is 1.45 bits per heavy atom. The van der Waals surface area contributed by atoms with Gasteiger partial charge >= 0.3 is 0 Å². The Labute approximate surface area is 263 Å². The van der Waals surface area contributed by atoms with E-state index in [9.17, 15) is 18.0 Å². The van der Waals surface area contributed by atoms with E-state index in [0.29, 0.717) is 17.0 Å². The Hall–Kier alpha value is -4.21. The number of nitrogens with one attached hydrogen (secondary N) is 1. The van der Waals surface area contributed by atoms with Gasteiger partial charge in [0.25, 0.3) is 10.0 Å². The molecule has 4 aromatic carbocycles. The fourth-order valence-electron chi connectivity index (χ4n) is 4.69. The standard InChI is InChI=1S/C34H35ClFN3O4S/c1-3-25(2)37-34(41)32(22-26-14-6-4-7-15-26)38(23-27-16-10-11-19-29(27)35)33(40)24-39(31-21-13-12-20-30(31)36)44(42,43)28-17-8-5-9-18-28/h4-21,25,32H,3,22-24H2,1-2H3,(H,37,41)/t25-,32+/m1/s1. The number of carbonyl (C=O) groups excluding carboxylic acids is 2. The largest absolute Gasteiger partial charge is 0.352 e. The highest BCUT2D eigenvalue weighted by Gasteiger charge is 2.35. The van der Waals surface area contributed by atoms with Crippen molar-refractivity contribution in [3.63, 3.8) is 0 Å². The number of rotatable bonds is 13. The molecule has 0 spiro atoms. The maximum Gasteiger partial charge on any atom is 0.264 e. The summed E-state index contributed by atoms with van der Waals surface area (Å²) in [7, 11) is -4.39. The Morgan fingerprint density at radius 3 is 2.09 bits per heavy atom. The smallest absolute Gasteiger partial charge is 0.264 e. The molecule has 0 heterocycles. The normalized spacial score (nSPS) is 12.6. The molecule has 4 rings (SSSR count). The van der Waals surface area contributed by atoms with Crippen LogP contribution in [-0.4, -0.2) is 43.8 Å². The Balaban J connectivity index is 1.82. The van der Waals surface area contributed by atoms with Gasteiger partial charge in [-0.2, -0.15) is 0 Å². The van der Waals surface area contributed by atoms with Gasteiger partial charge in [0.1, 0.15) is 18.4 Å². The van der Waals surface area contributed by atoms with Crippen LogP contribution in [0, 0.1) is 5.82 Å². The maximum atomic E-state index is 15.2. The summed E-state index contributed by atoms with van der Waals surface area (Å²) in [5.41, 5.74) is 1.09. The minimum absolute atomic E-state index is 0.0829. The Morgan fingerprint density at radius 1 is 0.864 bits per heavy atom. The summed E-state index contributed by atoms with van der Waals surface area (Å²) in [5, 5.41) is 3.36. The lowest BCUT2D eigenvalue weighted by Crippen LogP contribution is -2.54. The van der Waals surface area contributed by atoms with E-state index < -0.39 is 40.2 Å². The zero-order valence-electron chi connectivity index (χ0n) is 24.6. The van der Waals surface area contributed by atoms with Gasteiger partial charge in [-0.25, -0.2) is 12.8 Å². The molecule has 0 aliphatic carbocycles. The van der Waals surface area contributed by atoms with Crippen LogP contribution in [0.3, 0.4) is 0 Å². The number of benzene rings is 4. The molecule has 4 aromatic rings. The van der Waals surface area contributed by atoms with Gasteiger partial charge in [-0.1, -0.05) is 97.4 Å². The third-order valence-electron chi connectivity index (χ3n) is 7.30. The molecule has 2 amide bonds. The highest BCUT2D eigenvalue weighted by molar-refractivity contribution is 7.92. The van der Waals surface area contributed by atoms with Crippen molar-refractivity contribution in [2.45, 2.75) is 50.2 Å². The summed E-state index contributed by atoms with van der Waals surface area (Å²) in [5.74, 6) is -1.91. The average Bonchev–Trinajstić information content (AvgIpc) is 3.03. The first-order valence-electron chi connectivity index (χ1n) is 14.3. The van der Waals surface area contributed by atoms with Crippen LogP contribution in [0.2, 0.25) is 5.02 Å². The fourth-order valence-corrected chi connectivity index (χ4v) is 6.33. The summed E-state index contributed by atoms with van der Waals surface area (Å²) in [6, 6.07) is 27.9. The first kappa shape index (κ1) is 32.7. The second-order valence-electron chi connectivity index (χ2n) is 10.4. The third-order valence-corrected chi connectivity index (χ3v) is 9.44. The molecule has 0 fully saturated rings. The molecule has 0 unspecified atom stereocenters. The van der Waals surface area contributed by atoms with Crippen LogP contribution in [0.4, 0.5) is 10.1 Å². The van der Waals surface area contributed by atoms with Gasteiger partial charge in [0, 0.05) is 24.0 Å². The molecule has 1 N–H and O–H groups in total. The van der Waals surface area contributed by atoms with Crippen molar-refractivity contribution in [3.8, 4) is 0 Å². The summed E-state index contributed by atoms with van der Waals surface area (Å²) < 4.78 is 43.8. The molecule has 0 bridgehead atoms. The predicted octanol–water partition coefficient (Wildman–Crippen LogP) is 6.23. The van der Waals surface area contributed by atoms with Crippen molar-refractivity contribution in [1.82, 2.24) is 10.2 Å². The van der Waals surface area contributed by atoms with Crippen molar-refractivity contribution in [2.75, 3.05) is 10.8 Å². The summed E-state index contributed by atoms with van der Waals surface area (Å²) >= 11 is 6.50. The average molecular weight is 636 g/mol. The third kappa shape index (κ3) is 8.03. The van der Waals surface area contributed by atoms with Gasteiger partial charge in [-0.3, -0.25) is 13.9 Å². The number of halogens is 2. The lowest BCUT2D eigenvalue weighted by molar-refractivity contribution is -0.140. The molecule has 0 saturated heterocycles. The molecular formula is C34H35ClFN3O4S. The summed E-state index contributed by atoms with van der Waals surface area (Å²) in [6.45, 7) is 2.96. The van der Waals surface area contributed by atoms with Crippen LogP contribution < -0.4 is 9.62 Å². The van der Waals surface area contributed by atoms with Crippen molar-refractivity contribution in [2.24, 2.45) is 0 Å². The fraction of sp³-hybridized carbons (Fsp3) is 0.235. The topological polar surface area (TPSA) is 86.8 Å². The Bertz CT molecular complexity index is 1670. The molecule has 0 saturated carbocycles. The van der Waals surface area contributed by atoms with E-state index in [2.05, 4.69) is 5.32 Å². The highest BCUT2D eigenvalue weighted by atomic mass is 35.5. The van der Waals surface area contributed by atoms with Crippen LogP contribution in [0.15, 0.2) is 114 Å². The zero-order chi connectivity index (χ0) is 31.7. The number of para-hydroxylation sites is 1. The molecule has 0 aliphatic rings. The second kappa shape index (κ2) is 15.0. The number of sulfonamides is 1. The predicted molar refractivity (Wildman–Crippen MR) is 171 cm³/mol. The first-order chi connectivity index (χ1) is 21.1. The minimum atomic E-state index is -4.39. The van der Waals surface area contributed by atoms with Crippen LogP contribution in [0.1, 0.15) is 31.4 Å². The molecule has 44 heavy (non-hydrogen) atoms. The number of anilines is 1. The first-order valence-corrected chi connectivity index (χ1v) is 16.1. The monoisotopic (exact) mass is 635 g/mol. The van der Waals surface area contributed by atoms with Gasteiger partial charge in [0.05, 0.1) is 10.6 Å². The summed E-state index contributed by atoms with van der Waals surface area (Å²) in [6.07, 6.45) is 0.822. The van der Waals surface area contributed by atoms with Crippen LogP contribution in [0.25, 0.3) is 0 Å². The minimum Gasteiger partial charge on any atom is -0.352 e. The number of amides is 2. The molecular weight excluding hydrogens is 601 g/mol. The maximum absolute atomic E-state index is 15.2. The van der Waals surface area contributed by atoms with Gasteiger partial charge in [0.2, 0.25) is 11.8 Å². The summed E-state index contributed by atoms with van der Waals surface area (Å²) in [4.78, 5) is 29.5. The molecule has 230 valence electrons. The number of carbonyl (C=O) groups is 2. The van der Waals surface area contributed by atoms with Crippen molar-refractivity contribution >= 4 is 39.1 Å². The van der Waals surface area contributed by atoms with Gasteiger partial charge in [-0.15, -0.1) is 0 Å². The van der Waals surface area contributed by atoms with E-state index in [1.54, 1.807) is 42.5 Å². The van der Waals surface area contributed by atoms with E-state index >= 15 is 4.39 Å². The van der Waals surface area contributed by atoms with Crippen LogP contribution >= 0.6 is 11.6 Å². The van der Waals surface area contributed by atoms with Gasteiger partial charge in [-0.05, 0) is 54.8 Å². The second-order valence-corrected chi connectivity index (χ2v) is 12.7. The van der Waals surface area contributed by atoms with Gasteiger partial charge < -0.3 is 10.2 Å². The number of hydrogen-bond acceptors (Lipinski definition) is 4. The molecule has 2 atom stereocenters. The SMILES string of the molecule is CC[C@@H](C)NC(=O)[C@H](Cc1ccccc1)N(Cc1ccccc1Cl)C(=O)CN(c1ccccc1F)S(=O)(=O)c1ccccc1. The molecule has 0 radical (unpaired) electrons. The van der Waals surface area contributed by atoms with E-state index in [1.165, 1.54) is 35.2 Å². The van der Waals surface area contributed by atoms with E-state index in [4.69, 9.17) is 11.6 Å². The van der Waals surface area contributed by atoms with E-state index in [0.717, 1.165) is 15.9 Å². The zero-order valence-corrected chi connectivity index (χ0v) is 26.1. The quantitative estimate of drug-likeness (QED) is 0.189. The van der Waals surface area contributed by atoms with Crippen molar-refractivity contribution < 1.29 is 22.4 Å². The number of nitrogens with zero attached hydrogens (tertiary/aromatic N) is 2. The van der Waals surface area contributed by atoms with Crippen molar-refractivity contribution in [1.29, 1.82) is 0 Å². The molecule has 0 aliphatic heterocycles. The highest BCUT2D eigenvalue weighted by Crippen LogP contribution is 2.28. The van der Waals surface area contributed by atoms with E-state index in [-0.39, 0.29) is 29.6 Å². The van der Waals surface area contributed by atoms with E-state index in [1.807, 2.05) is 44.2 Å². The van der Waals surface area contributed by atoms with Crippen LogP contribution in [-0.2, 0) is 32.6 Å². The number of hydrogen-bond donors (Lipinski definition) is 1. The lowest BCUT2D eigenvalue weighted by atomic mass is 10.0. The molecule has 10 heteroatoms. The molecule has 0 aromatic heterocycles. The van der Waals surface area contributed by atoms with Crippen molar-refractivity contribution in [3.05, 3.63) is 131 Å². The van der Waals surface area contributed by atoms with Crippen LogP contribution in [0.5, 0.6) is 0 Å². The lowest BCUT2D eigenvalue weighted by Gasteiger charge is -2.34.